The first-order valence-electron chi connectivity index (χ1n) is 7.11. The maximum Gasteiger partial charge on any atom is 0.0297 e. The number of hydrogen-bond donors (Lipinski definition) is 1. The van der Waals surface area contributed by atoms with Gasteiger partial charge >= 0.3 is 0 Å². The SMILES string of the molecule is CCSCCCNC(C)c1cccc2ccccc12. The van der Waals surface area contributed by atoms with Gasteiger partial charge in [0, 0.05) is 6.04 Å². The second-order valence-electron chi connectivity index (χ2n) is 4.79. The fraction of sp³-hybridized carbons (Fsp3) is 0.412. The summed E-state index contributed by atoms with van der Waals surface area (Å²) in [7, 11) is 0. The lowest BCUT2D eigenvalue weighted by molar-refractivity contribution is 0.576. The molecule has 1 atom stereocenters. The maximum atomic E-state index is 3.64. The highest BCUT2D eigenvalue weighted by Gasteiger charge is 2.07. The van der Waals surface area contributed by atoms with Crippen LogP contribution in [0.3, 0.4) is 0 Å². The van der Waals surface area contributed by atoms with Crippen LogP contribution in [0.2, 0.25) is 0 Å². The zero-order chi connectivity index (χ0) is 13.5. The van der Waals surface area contributed by atoms with Gasteiger partial charge in [-0.1, -0.05) is 49.4 Å². The molecule has 1 N–H and O–H groups in total. The van der Waals surface area contributed by atoms with E-state index in [4.69, 9.17) is 0 Å². The van der Waals surface area contributed by atoms with Gasteiger partial charge in [0.2, 0.25) is 0 Å². The Morgan fingerprint density at radius 3 is 2.74 bits per heavy atom. The molecule has 0 bridgehead atoms. The standard InChI is InChI=1S/C17H23NS/c1-3-19-13-7-12-18-14(2)16-11-6-9-15-8-4-5-10-17(15)16/h4-6,8-11,14,18H,3,7,12-13H2,1-2H3. The summed E-state index contributed by atoms with van der Waals surface area (Å²) >= 11 is 2.02. The van der Waals surface area contributed by atoms with Crippen LogP contribution in [-0.2, 0) is 0 Å². The van der Waals surface area contributed by atoms with Crippen LogP contribution in [0.25, 0.3) is 10.8 Å². The Morgan fingerprint density at radius 2 is 1.89 bits per heavy atom. The minimum Gasteiger partial charge on any atom is -0.310 e. The summed E-state index contributed by atoms with van der Waals surface area (Å²) in [6, 6.07) is 15.6. The lowest BCUT2D eigenvalue weighted by Gasteiger charge is -2.16. The van der Waals surface area contributed by atoms with Crippen molar-refractivity contribution in [2.75, 3.05) is 18.1 Å². The van der Waals surface area contributed by atoms with E-state index in [1.54, 1.807) is 0 Å². The predicted octanol–water partition coefficient (Wildman–Crippen LogP) is 4.63. The van der Waals surface area contributed by atoms with Crippen LogP contribution >= 0.6 is 11.8 Å². The topological polar surface area (TPSA) is 12.0 Å². The van der Waals surface area contributed by atoms with E-state index in [0.29, 0.717) is 6.04 Å². The molecule has 0 saturated heterocycles. The lowest BCUT2D eigenvalue weighted by Crippen LogP contribution is -2.20. The van der Waals surface area contributed by atoms with Crippen molar-refractivity contribution in [1.82, 2.24) is 5.32 Å². The van der Waals surface area contributed by atoms with Gasteiger partial charge < -0.3 is 5.32 Å². The number of benzene rings is 2. The fourth-order valence-corrected chi connectivity index (χ4v) is 3.01. The molecule has 1 unspecified atom stereocenters. The molecule has 0 aliphatic heterocycles. The van der Waals surface area contributed by atoms with Gasteiger partial charge in [-0.2, -0.15) is 11.8 Å². The molecule has 0 aliphatic carbocycles. The third-order valence-corrected chi connectivity index (χ3v) is 4.40. The van der Waals surface area contributed by atoms with E-state index in [9.17, 15) is 0 Å². The van der Waals surface area contributed by atoms with Crippen LogP contribution in [0.1, 0.15) is 31.9 Å². The summed E-state index contributed by atoms with van der Waals surface area (Å²) in [6.07, 6.45) is 1.24. The van der Waals surface area contributed by atoms with Crippen molar-refractivity contribution in [3.8, 4) is 0 Å². The van der Waals surface area contributed by atoms with E-state index < -0.39 is 0 Å². The van der Waals surface area contributed by atoms with Crippen molar-refractivity contribution in [3.63, 3.8) is 0 Å². The third-order valence-electron chi connectivity index (χ3n) is 3.41. The molecule has 0 spiro atoms. The van der Waals surface area contributed by atoms with E-state index in [1.807, 2.05) is 11.8 Å². The highest BCUT2D eigenvalue weighted by Crippen LogP contribution is 2.23. The summed E-state index contributed by atoms with van der Waals surface area (Å²) in [5, 5.41) is 6.33. The molecular formula is C17H23NS. The van der Waals surface area contributed by atoms with Crippen LogP contribution in [0.4, 0.5) is 0 Å². The molecule has 2 aromatic carbocycles. The van der Waals surface area contributed by atoms with Crippen LogP contribution in [0, 0.1) is 0 Å². The Labute approximate surface area is 120 Å². The van der Waals surface area contributed by atoms with Crippen molar-refractivity contribution in [3.05, 3.63) is 48.0 Å². The molecule has 0 heterocycles. The largest absolute Gasteiger partial charge is 0.310 e. The van der Waals surface area contributed by atoms with E-state index in [-0.39, 0.29) is 0 Å². The fourth-order valence-electron chi connectivity index (χ4n) is 2.38. The van der Waals surface area contributed by atoms with E-state index >= 15 is 0 Å². The van der Waals surface area contributed by atoms with E-state index in [2.05, 4.69) is 61.6 Å². The monoisotopic (exact) mass is 273 g/mol. The van der Waals surface area contributed by atoms with Gasteiger partial charge in [-0.25, -0.2) is 0 Å². The number of hydrogen-bond acceptors (Lipinski definition) is 2. The van der Waals surface area contributed by atoms with Gasteiger partial charge in [0.15, 0.2) is 0 Å². The molecule has 0 radical (unpaired) electrons. The first-order chi connectivity index (χ1) is 9.33. The van der Waals surface area contributed by atoms with Gasteiger partial charge in [-0.15, -0.1) is 0 Å². The highest BCUT2D eigenvalue weighted by atomic mass is 32.2. The molecule has 19 heavy (non-hydrogen) atoms. The minimum atomic E-state index is 0.415. The molecule has 0 aliphatic rings. The molecule has 0 fully saturated rings. The Hall–Kier alpha value is -0.990. The Kier molecular flexibility index (Phi) is 5.74. The van der Waals surface area contributed by atoms with Gasteiger partial charge in [0.1, 0.15) is 0 Å². The first-order valence-corrected chi connectivity index (χ1v) is 8.27. The molecule has 0 amide bonds. The van der Waals surface area contributed by atoms with E-state index in [0.717, 1.165) is 6.54 Å². The second-order valence-corrected chi connectivity index (χ2v) is 6.19. The number of thioether (sulfide) groups is 1. The average Bonchev–Trinajstić information content (AvgIpc) is 2.46. The van der Waals surface area contributed by atoms with Crippen molar-refractivity contribution in [2.45, 2.75) is 26.3 Å². The molecule has 2 rings (SSSR count). The molecule has 102 valence electrons. The molecule has 2 aromatic rings. The predicted molar refractivity (Wildman–Crippen MR) is 88.0 cm³/mol. The minimum absolute atomic E-state index is 0.415. The van der Waals surface area contributed by atoms with Gasteiger partial charge in [0.25, 0.3) is 0 Å². The Morgan fingerprint density at radius 1 is 1.11 bits per heavy atom. The zero-order valence-corrected chi connectivity index (χ0v) is 12.7. The van der Waals surface area contributed by atoms with Gasteiger partial charge in [-0.3, -0.25) is 0 Å². The molecular weight excluding hydrogens is 250 g/mol. The average molecular weight is 273 g/mol. The highest BCUT2D eigenvalue weighted by molar-refractivity contribution is 7.99. The molecule has 1 nitrogen and oxygen atoms in total. The summed E-state index contributed by atoms with van der Waals surface area (Å²) in [4.78, 5) is 0. The van der Waals surface area contributed by atoms with Crippen molar-refractivity contribution >= 4 is 22.5 Å². The first kappa shape index (κ1) is 14.4. The third kappa shape index (κ3) is 3.99. The summed E-state index contributed by atoms with van der Waals surface area (Å²) in [6.45, 7) is 5.57. The maximum absolute atomic E-state index is 3.64. The van der Waals surface area contributed by atoms with Gasteiger partial charge in [0.05, 0.1) is 0 Å². The summed E-state index contributed by atoms with van der Waals surface area (Å²) in [5.41, 5.74) is 1.40. The number of fused-ring (bicyclic) bond motifs is 1. The molecule has 0 aromatic heterocycles. The normalized spacial score (nSPS) is 12.7. The van der Waals surface area contributed by atoms with Crippen LogP contribution in [0.5, 0.6) is 0 Å². The summed E-state index contributed by atoms with van der Waals surface area (Å²) < 4.78 is 0. The van der Waals surface area contributed by atoms with Crippen molar-refractivity contribution < 1.29 is 0 Å². The Bertz CT molecular complexity index is 504. The van der Waals surface area contributed by atoms with Crippen LogP contribution in [-0.4, -0.2) is 18.1 Å². The molecule has 0 saturated carbocycles. The van der Waals surface area contributed by atoms with Crippen LogP contribution in [0.15, 0.2) is 42.5 Å². The summed E-state index contributed by atoms with van der Waals surface area (Å²) in [5.74, 6) is 2.48. The second kappa shape index (κ2) is 7.56. The number of rotatable bonds is 7. The lowest BCUT2D eigenvalue weighted by atomic mass is 10.00. The van der Waals surface area contributed by atoms with Crippen LogP contribution < -0.4 is 5.32 Å². The number of nitrogens with one attached hydrogen (secondary N) is 1. The van der Waals surface area contributed by atoms with Crippen molar-refractivity contribution in [2.24, 2.45) is 0 Å². The zero-order valence-electron chi connectivity index (χ0n) is 11.9. The quantitative estimate of drug-likeness (QED) is 0.738. The smallest absolute Gasteiger partial charge is 0.0297 e. The van der Waals surface area contributed by atoms with Gasteiger partial charge in [-0.05, 0) is 47.7 Å². The Balaban J connectivity index is 1.99. The van der Waals surface area contributed by atoms with E-state index in [1.165, 1.54) is 34.3 Å². The molecule has 2 heteroatoms. The van der Waals surface area contributed by atoms with Crippen molar-refractivity contribution in [1.29, 1.82) is 0 Å².